The number of hydrogen-bond acceptors (Lipinski definition) is 6. The molecule has 0 saturated heterocycles. The van der Waals surface area contributed by atoms with E-state index < -0.39 is 24.5 Å². The number of phenolic OH excluding ortho intramolecular Hbond substituents is 1. The van der Waals surface area contributed by atoms with E-state index in [1.165, 1.54) is 0 Å². The predicted octanol–water partition coefficient (Wildman–Crippen LogP) is 7.70. The first-order chi connectivity index (χ1) is 16.2. The van der Waals surface area contributed by atoms with Crippen molar-refractivity contribution >= 4 is 19.4 Å². The molecule has 0 spiro atoms. The van der Waals surface area contributed by atoms with Crippen LogP contribution >= 0.6 is 7.60 Å². The van der Waals surface area contributed by atoms with Crippen LogP contribution in [0.4, 0.5) is 10.5 Å². The molecule has 0 bridgehead atoms. The van der Waals surface area contributed by atoms with E-state index in [0.717, 1.165) is 10.6 Å². The highest BCUT2D eigenvalue weighted by molar-refractivity contribution is 7.53. The van der Waals surface area contributed by atoms with Gasteiger partial charge in [0.25, 0.3) is 0 Å². The fourth-order valence-corrected chi connectivity index (χ4v) is 5.18. The monoisotopic (exact) mass is 505 g/mol. The van der Waals surface area contributed by atoms with Crippen molar-refractivity contribution in [3.8, 4) is 5.75 Å². The molecular formula is C27H40NO6P. The number of carbonyl (C=O) groups is 1. The van der Waals surface area contributed by atoms with Crippen molar-refractivity contribution in [3.05, 3.63) is 59.2 Å². The summed E-state index contributed by atoms with van der Waals surface area (Å²) in [4.78, 5) is 13.3. The zero-order valence-corrected chi connectivity index (χ0v) is 23.1. The predicted molar refractivity (Wildman–Crippen MR) is 140 cm³/mol. The topological polar surface area (TPSA) is 85.3 Å². The van der Waals surface area contributed by atoms with Crippen LogP contribution < -0.4 is 5.06 Å². The molecule has 7 nitrogen and oxygen atoms in total. The average Bonchev–Trinajstić information content (AvgIpc) is 2.75. The Kier molecular flexibility index (Phi) is 9.57. The molecule has 194 valence electrons. The van der Waals surface area contributed by atoms with E-state index in [-0.39, 0.29) is 25.1 Å². The Morgan fingerprint density at radius 1 is 0.971 bits per heavy atom. The molecule has 2 aromatic rings. The van der Waals surface area contributed by atoms with Gasteiger partial charge in [0.05, 0.1) is 18.5 Å². The van der Waals surface area contributed by atoms with Gasteiger partial charge in [-0.2, -0.15) is 4.62 Å². The maximum absolute atomic E-state index is 13.5. The summed E-state index contributed by atoms with van der Waals surface area (Å²) in [5, 5.41) is 12.0. The molecule has 0 fully saturated rings. The summed E-state index contributed by atoms with van der Waals surface area (Å²) in [6, 6.07) is 12.6. The molecule has 1 atom stereocenters. The van der Waals surface area contributed by atoms with Gasteiger partial charge >= 0.3 is 13.7 Å². The fraction of sp³-hybridized carbons (Fsp3) is 0.519. The van der Waals surface area contributed by atoms with Gasteiger partial charge in [0.1, 0.15) is 12.4 Å². The van der Waals surface area contributed by atoms with Gasteiger partial charge in [-0.15, -0.1) is 5.06 Å². The Balaban J connectivity index is 2.62. The zero-order valence-electron chi connectivity index (χ0n) is 22.3. The highest BCUT2D eigenvalue weighted by Crippen LogP contribution is 2.51. The Labute approximate surface area is 209 Å². The first-order valence-corrected chi connectivity index (χ1v) is 13.8. The zero-order chi connectivity index (χ0) is 26.4. The highest BCUT2D eigenvalue weighted by Gasteiger charge is 2.35. The van der Waals surface area contributed by atoms with Crippen LogP contribution in [0.25, 0.3) is 0 Å². The third kappa shape index (κ3) is 7.83. The molecule has 0 aromatic heterocycles. The van der Waals surface area contributed by atoms with Gasteiger partial charge in [-0.25, -0.2) is 4.79 Å². The Bertz CT molecular complexity index is 995. The van der Waals surface area contributed by atoms with Crippen LogP contribution in [-0.2, 0) is 35.9 Å². The number of amides is 1. The maximum Gasteiger partial charge on any atom is 0.439 e. The third-order valence-electron chi connectivity index (χ3n) is 5.35. The van der Waals surface area contributed by atoms with Crippen molar-refractivity contribution in [3.63, 3.8) is 0 Å². The number of hydroxylamine groups is 1. The van der Waals surface area contributed by atoms with Gasteiger partial charge in [-0.3, -0.25) is 4.57 Å². The van der Waals surface area contributed by atoms with Crippen LogP contribution in [0, 0.1) is 0 Å². The van der Waals surface area contributed by atoms with Gasteiger partial charge in [0, 0.05) is 11.1 Å². The smallest absolute Gasteiger partial charge is 0.439 e. The van der Waals surface area contributed by atoms with E-state index in [1.807, 2.05) is 78.8 Å². The molecule has 0 aliphatic carbocycles. The lowest BCUT2D eigenvalue weighted by molar-refractivity contribution is 0.112. The lowest BCUT2D eigenvalue weighted by Crippen LogP contribution is -2.32. The molecule has 8 heteroatoms. The average molecular weight is 506 g/mol. The molecule has 1 N–H and O–H groups in total. The highest BCUT2D eigenvalue weighted by atomic mass is 31.2. The van der Waals surface area contributed by atoms with Gasteiger partial charge < -0.3 is 14.4 Å². The Hall–Kier alpha value is -2.34. The molecule has 0 radical (unpaired) electrons. The molecule has 1 amide bonds. The summed E-state index contributed by atoms with van der Waals surface area (Å²) in [7, 11) is -3.65. The van der Waals surface area contributed by atoms with E-state index in [9.17, 15) is 14.5 Å². The number of phenols is 1. The number of ether oxygens (including phenoxy) is 1. The number of aromatic hydroxyl groups is 1. The molecule has 0 aliphatic heterocycles. The minimum Gasteiger partial charge on any atom is -0.507 e. The molecule has 35 heavy (non-hydrogen) atoms. The summed E-state index contributed by atoms with van der Waals surface area (Å²) in [6.45, 7) is 15.6. The number of anilines is 1. The van der Waals surface area contributed by atoms with Crippen LogP contribution in [-0.4, -0.2) is 24.0 Å². The van der Waals surface area contributed by atoms with Crippen molar-refractivity contribution in [1.82, 2.24) is 0 Å². The Morgan fingerprint density at radius 3 is 1.97 bits per heavy atom. The minimum atomic E-state index is -3.65. The van der Waals surface area contributed by atoms with Crippen molar-refractivity contribution in [1.29, 1.82) is 0 Å². The van der Waals surface area contributed by atoms with Crippen LogP contribution in [0.3, 0.4) is 0 Å². The Morgan fingerprint density at radius 2 is 1.51 bits per heavy atom. The maximum atomic E-state index is 13.5. The second-order valence-corrected chi connectivity index (χ2v) is 12.6. The van der Waals surface area contributed by atoms with Gasteiger partial charge in [0.15, 0.2) is 0 Å². The lowest BCUT2D eigenvalue weighted by Gasteiger charge is -2.31. The number of carbonyl (C=O) groups excluding carboxylic acids is 1. The quantitative estimate of drug-likeness (QED) is 0.278. The summed E-state index contributed by atoms with van der Waals surface area (Å²) in [6.07, 6.45) is -0.143. The molecule has 2 rings (SSSR count). The number of nitrogens with zero attached hydrogens (tertiary/aromatic N) is 1. The fourth-order valence-electron chi connectivity index (χ4n) is 3.57. The number of hydrogen-bond donors (Lipinski definition) is 1. The van der Waals surface area contributed by atoms with Crippen molar-refractivity contribution in [2.75, 3.05) is 17.8 Å². The number of rotatable bonds is 9. The standard InChI is InChI=1S/C27H40NO6P/c1-9-16-35(31,33-10-2)34-28(25(30)32-19-20-14-12-11-13-15-20)21-17-22(26(3,4)5)24(29)23(18-21)27(6,7)8/h11-15,17-18,29H,9-10,16,19H2,1-8H3. The molecule has 1 unspecified atom stereocenters. The lowest BCUT2D eigenvalue weighted by atomic mass is 9.79. The summed E-state index contributed by atoms with van der Waals surface area (Å²) < 4.78 is 30.3. The molecule has 0 aliphatic rings. The van der Waals surface area contributed by atoms with E-state index in [4.69, 9.17) is 13.9 Å². The normalized spacial score (nSPS) is 13.8. The van der Waals surface area contributed by atoms with Gasteiger partial charge in [-0.1, -0.05) is 78.8 Å². The number of benzene rings is 2. The summed E-state index contributed by atoms with van der Waals surface area (Å²) >= 11 is 0. The summed E-state index contributed by atoms with van der Waals surface area (Å²) in [5.41, 5.74) is 1.50. The first-order valence-electron chi connectivity index (χ1n) is 12.0. The van der Waals surface area contributed by atoms with E-state index in [1.54, 1.807) is 19.1 Å². The minimum absolute atomic E-state index is 0.0165. The van der Waals surface area contributed by atoms with Crippen molar-refractivity contribution < 1.29 is 28.4 Å². The second-order valence-electron chi connectivity index (χ2n) is 10.6. The molecule has 0 heterocycles. The molecule has 0 saturated carbocycles. The van der Waals surface area contributed by atoms with Crippen LogP contribution in [0.2, 0.25) is 0 Å². The van der Waals surface area contributed by atoms with Crippen LogP contribution in [0.5, 0.6) is 5.75 Å². The van der Waals surface area contributed by atoms with Crippen molar-refractivity contribution in [2.24, 2.45) is 0 Å². The molecule has 2 aromatic carbocycles. The summed E-state index contributed by atoms with van der Waals surface area (Å²) in [5.74, 6) is 0.160. The largest absolute Gasteiger partial charge is 0.507 e. The van der Waals surface area contributed by atoms with Gasteiger partial charge in [-0.05, 0) is 41.9 Å². The first kappa shape index (κ1) is 28.9. The van der Waals surface area contributed by atoms with E-state index >= 15 is 0 Å². The van der Waals surface area contributed by atoms with E-state index in [2.05, 4.69) is 0 Å². The van der Waals surface area contributed by atoms with Crippen LogP contribution in [0.1, 0.15) is 78.5 Å². The van der Waals surface area contributed by atoms with E-state index in [0.29, 0.717) is 23.2 Å². The molecular weight excluding hydrogens is 465 g/mol. The second kappa shape index (κ2) is 11.6. The van der Waals surface area contributed by atoms with Gasteiger partial charge in [0.2, 0.25) is 0 Å². The SMILES string of the molecule is CCCP(=O)(OCC)ON(C(=O)OCc1ccccc1)c1cc(C(C)(C)C)c(O)c(C(C)(C)C)c1. The third-order valence-corrected chi connectivity index (χ3v) is 7.40. The van der Waals surface area contributed by atoms with Crippen LogP contribution in [0.15, 0.2) is 42.5 Å². The van der Waals surface area contributed by atoms with Crippen molar-refractivity contribution in [2.45, 2.75) is 79.2 Å².